The van der Waals surface area contributed by atoms with Gasteiger partial charge in [0.05, 0.1) is 31.4 Å². The molecule has 1 fully saturated rings. The van der Waals surface area contributed by atoms with Crippen LogP contribution in [0, 0.1) is 17.7 Å². The Kier molecular flexibility index (Phi) is 4.77. The minimum atomic E-state index is -0.154. The van der Waals surface area contributed by atoms with Crippen LogP contribution in [-0.2, 0) is 4.79 Å². The number of aromatic nitrogens is 2. The number of nitrogens with zero attached hydrogens (tertiary/aromatic N) is 2. The molecule has 2 aliphatic rings. The summed E-state index contributed by atoms with van der Waals surface area (Å²) in [7, 11) is 1.61. The third-order valence-corrected chi connectivity index (χ3v) is 6.52. The van der Waals surface area contributed by atoms with Crippen molar-refractivity contribution in [3.63, 3.8) is 0 Å². The lowest BCUT2D eigenvalue weighted by Gasteiger charge is -2.33. The number of amides is 1. The van der Waals surface area contributed by atoms with E-state index < -0.39 is 0 Å². The average molecular weight is 405 g/mol. The van der Waals surface area contributed by atoms with Crippen molar-refractivity contribution in [1.82, 2.24) is 9.55 Å². The van der Waals surface area contributed by atoms with E-state index >= 15 is 0 Å². The molecule has 6 heteroatoms. The molecular formula is C24H24FN3O2. The summed E-state index contributed by atoms with van der Waals surface area (Å²) >= 11 is 0. The van der Waals surface area contributed by atoms with E-state index in [0.29, 0.717) is 0 Å². The molecule has 3 aromatic rings. The summed E-state index contributed by atoms with van der Waals surface area (Å²) in [5.41, 5.74) is 3.44. The Morgan fingerprint density at radius 1 is 1.17 bits per heavy atom. The Labute approximate surface area is 174 Å². The van der Waals surface area contributed by atoms with Crippen LogP contribution in [0.1, 0.15) is 37.3 Å². The van der Waals surface area contributed by atoms with E-state index in [-0.39, 0.29) is 29.6 Å². The zero-order valence-corrected chi connectivity index (χ0v) is 16.8. The number of carbonyl (C=O) groups is 1. The first-order chi connectivity index (χ1) is 14.7. The van der Waals surface area contributed by atoms with E-state index in [1.807, 2.05) is 36.5 Å². The second kappa shape index (κ2) is 7.59. The Bertz CT molecular complexity index is 1090. The van der Waals surface area contributed by atoms with Crippen LogP contribution in [0.15, 0.2) is 55.0 Å². The molecule has 1 unspecified atom stereocenters. The molecule has 5 rings (SSSR count). The molecule has 1 amide bonds. The van der Waals surface area contributed by atoms with E-state index in [1.165, 1.54) is 0 Å². The van der Waals surface area contributed by atoms with E-state index in [2.05, 4.69) is 14.9 Å². The molecule has 1 aliphatic heterocycles. The summed E-state index contributed by atoms with van der Waals surface area (Å²) in [6.07, 6.45) is 6.97. The van der Waals surface area contributed by atoms with Crippen LogP contribution >= 0.6 is 0 Å². The summed E-state index contributed by atoms with van der Waals surface area (Å²) in [5, 5.41) is 3.01. The molecule has 2 aromatic carbocycles. The molecule has 0 saturated heterocycles. The minimum Gasteiger partial charge on any atom is -0.497 e. The second-order valence-electron chi connectivity index (χ2n) is 8.16. The highest BCUT2D eigenvalue weighted by Crippen LogP contribution is 2.48. The largest absolute Gasteiger partial charge is 0.497 e. The first-order valence-electron chi connectivity index (χ1n) is 10.4. The van der Waals surface area contributed by atoms with Crippen LogP contribution in [0.3, 0.4) is 0 Å². The number of carbonyl (C=O) groups excluding carboxylic acids is 1. The number of nitrogens with one attached hydrogen (secondary N) is 1. The zero-order valence-electron chi connectivity index (χ0n) is 16.8. The predicted octanol–water partition coefficient (Wildman–Crippen LogP) is 5.05. The van der Waals surface area contributed by atoms with Crippen LogP contribution in [0.4, 0.5) is 10.1 Å². The first kappa shape index (κ1) is 18.9. The molecule has 0 radical (unpaired) electrons. The number of methoxy groups -OCH3 is 1. The molecule has 2 heterocycles. The van der Waals surface area contributed by atoms with Gasteiger partial charge in [-0.1, -0.05) is 18.2 Å². The fraction of sp³-hybridized carbons (Fsp3) is 0.333. The van der Waals surface area contributed by atoms with Gasteiger partial charge in [-0.2, -0.15) is 0 Å². The maximum atomic E-state index is 14.7. The predicted molar refractivity (Wildman–Crippen MR) is 113 cm³/mol. The topological polar surface area (TPSA) is 56.1 Å². The molecule has 1 aromatic heterocycles. The van der Waals surface area contributed by atoms with Crippen molar-refractivity contribution in [2.45, 2.75) is 31.7 Å². The minimum absolute atomic E-state index is 0.0313. The third kappa shape index (κ3) is 3.16. The van der Waals surface area contributed by atoms with Crippen LogP contribution in [0.2, 0.25) is 0 Å². The maximum Gasteiger partial charge on any atom is 0.227 e. The quantitative estimate of drug-likeness (QED) is 0.661. The average Bonchev–Trinajstić information content (AvgIpc) is 3.36. The van der Waals surface area contributed by atoms with Crippen LogP contribution in [0.5, 0.6) is 5.75 Å². The van der Waals surface area contributed by atoms with Crippen molar-refractivity contribution in [2.24, 2.45) is 11.8 Å². The zero-order chi connectivity index (χ0) is 20.7. The van der Waals surface area contributed by atoms with Gasteiger partial charge in [0.1, 0.15) is 11.6 Å². The monoisotopic (exact) mass is 405 g/mol. The SMILES string of the molecule is COc1cccc(NC(=O)C2CCC(C3c4c(F)cccc4-c4cncn43)CC2)c1. The van der Waals surface area contributed by atoms with Crippen molar-refractivity contribution >= 4 is 11.6 Å². The molecule has 0 spiro atoms. The Balaban J connectivity index is 1.29. The molecule has 0 bridgehead atoms. The van der Waals surface area contributed by atoms with Gasteiger partial charge in [-0.15, -0.1) is 0 Å². The normalized spacial score (nSPS) is 22.3. The summed E-state index contributed by atoms with van der Waals surface area (Å²) in [6, 6.07) is 12.6. The maximum absolute atomic E-state index is 14.7. The fourth-order valence-corrected chi connectivity index (χ4v) is 5.04. The summed E-state index contributed by atoms with van der Waals surface area (Å²) < 4.78 is 22.1. The molecule has 1 aliphatic carbocycles. The lowest BCUT2D eigenvalue weighted by atomic mass is 9.76. The Morgan fingerprint density at radius 2 is 1.97 bits per heavy atom. The number of fused-ring (bicyclic) bond motifs is 3. The lowest BCUT2D eigenvalue weighted by Crippen LogP contribution is -2.30. The van der Waals surface area contributed by atoms with Crippen LogP contribution in [-0.4, -0.2) is 22.6 Å². The highest BCUT2D eigenvalue weighted by atomic mass is 19.1. The Morgan fingerprint density at radius 3 is 2.77 bits per heavy atom. The summed E-state index contributed by atoms with van der Waals surface area (Å²) in [5.74, 6) is 0.866. The molecule has 5 nitrogen and oxygen atoms in total. The van der Waals surface area contributed by atoms with Gasteiger partial charge in [-0.3, -0.25) is 4.79 Å². The fourth-order valence-electron chi connectivity index (χ4n) is 5.04. The van der Waals surface area contributed by atoms with E-state index in [0.717, 1.165) is 53.9 Å². The number of halogens is 1. The standard InChI is InChI=1S/C24H24FN3O2/c1-30-18-5-2-4-17(12-18)27-24(29)16-10-8-15(9-11-16)23-22-19(6-3-7-20(22)25)21-13-26-14-28(21)23/h2-7,12-16,23H,8-11H2,1H3,(H,27,29). The van der Waals surface area contributed by atoms with Crippen molar-refractivity contribution in [3.05, 3.63) is 66.4 Å². The number of hydrogen-bond acceptors (Lipinski definition) is 3. The summed E-state index contributed by atoms with van der Waals surface area (Å²) in [6.45, 7) is 0. The van der Waals surface area contributed by atoms with Crippen LogP contribution < -0.4 is 10.1 Å². The summed E-state index contributed by atoms with van der Waals surface area (Å²) in [4.78, 5) is 17.1. The van der Waals surface area contributed by atoms with Gasteiger partial charge < -0.3 is 14.6 Å². The van der Waals surface area contributed by atoms with Gasteiger partial charge in [-0.25, -0.2) is 9.37 Å². The van der Waals surface area contributed by atoms with Gasteiger partial charge in [-0.05, 0) is 49.8 Å². The Hall–Kier alpha value is -3.15. The highest BCUT2D eigenvalue weighted by molar-refractivity contribution is 5.92. The number of hydrogen-bond donors (Lipinski definition) is 1. The van der Waals surface area contributed by atoms with Gasteiger partial charge in [0.15, 0.2) is 0 Å². The number of benzene rings is 2. The van der Waals surface area contributed by atoms with Crippen molar-refractivity contribution in [3.8, 4) is 17.0 Å². The van der Waals surface area contributed by atoms with Gasteiger partial charge in [0.25, 0.3) is 0 Å². The smallest absolute Gasteiger partial charge is 0.227 e. The molecule has 30 heavy (non-hydrogen) atoms. The lowest BCUT2D eigenvalue weighted by molar-refractivity contribution is -0.121. The molecule has 1 atom stereocenters. The molecule has 1 saturated carbocycles. The van der Waals surface area contributed by atoms with Crippen molar-refractivity contribution in [1.29, 1.82) is 0 Å². The number of rotatable bonds is 4. The van der Waals surface area contributed by atoms with E-state index in [1.54, 1.807) is 25.6 Å². The first-order valence-corrected chi connectivity index (χ1v) is 10.4. The van der Waals surface area contributed by atoms with Crippen molar-refractivity contribution < 1.29 is 13.9 Å². The van der Waals surface area contributed by atoms with E-state index in [9.17, 15) is 9.18 Å². The highest BCUT2D eigenvalue weighted by Gasteiger charge is 2.39. The van der Waals surface area contributed by atoms with E-state index in [4.69, 9.17) is 4.74 Å². The van der Waals surface area contributed by atoms with Gasteiger partial charge >= 0.3 is 0 Å². The third-order valence-electron chi connectivity index (χ3n) is 6.52. The van der Waals surface area contributed by atoms with Crippen molar-refractivity contribution in [2.75, 3.05) is 12.4 Å². The number of ether oxygens (including phenoxy) is 1. The van der Waals surface area contributed by atoms with Gasteiger partial charge in [0, 0.05) is 28.8 Å². The number of anilines is 1. The molecular weight excluding hydrogens is 381 g/mol. The second-order valence-corrected chi connectivity index (χ2v) is 8.16. The number of imidazole rings is 1. The van der Waals surface area contributed by atoms with Gasteiger partial charge in [0.2, 0.25) is 5.91 Å². The molecule has 1 N–H and O–H groups in total. The molecule has 154 valence electrons. The van der Waals surface area contributed by atoms with Crippen LogP contribution in [0.25, 0.3) is 11.3 Å².